The Hall–Kier alpha value is -2.16. The zero-order valence-corrected chi connectivity index (χ0v) is 8.33. The van der Waals surface area contributed by atoms with Gasteiger partial charge in [-0.3, -0.25) is 4.68 Å². The molecule has 2 aromatic rings. The molecule has 6 heteroatoms. The minimum absolute atomic E-state index is 0.192. The molecule has 0 aliphatic rings. The first kappa shape index (κ1) is 9.40. The van der Waals surface area contributed by atoms with Crippen molar-refractivity contribution in [3.05, 3.63) is 30.1 Å². The summed E-state index contributed by atoms with van der Waals surface area (Å²) in [7, 11) is 0. The minimum atomic E-state index is 0.192. The van der Waals surface area contributed by atoms with Crippen LogP contribution in [0.3, 0.4) is 0 Å². The van der Waals surface area contributed by atoms with Crippen LogP contribution < -0.4 is 0 Å². The lowest BCUT2D eigenvalue weighted by atomic mass is 10.4. The van der Waals surface area contributed by atoms with E-state index < -0.39 is 0 Å². The molecule has 0 unspecified atom stereocenters. The van der Waals surface area contributed by atoms with E-state index in [1.54, 1.807) is 17.2 Å². The van der Waals surface area contributed by atoms with Crippen molar-refractivity contribution in [3.63, 3.8) is 0 Å². The van der Waals surface area contributed by atoms with Crippen molar-refractivity contribution in [1.29, 1.82) is 5.26 Å². The van der Waals surface area contributed by atoms with Gasteiger partial charge in [0.15, 0.2) is 0 Å². The second kappa shape index (κ2) is 3.92. The van der Waals surface area contributed by atoms with Crippen LogP contribution in [0.1, 0.15) is 18.3 Å². The molecule has 0 aromatic carbocycles. The smallest absolute Gasteiger partial charge is 0.252 e. The lowest BCUT2D eigenvalue weighted by molar-refractivity contribution is 0.654. The van der Waals surface area contributed by atoms with Crippen LogP contribution in [0.2, 0.25) is 0 Å². The Morgan fingerprint density at radius 1 is 1.47 bits per heavy atom. The second-order valence-corrected chi connectivity index (χ2v) is 3.08. The molecule has 15 heavy (non-hydrogen) atoms. The first-order valence-electron chi connectivity index (χ1n) is 4.62. The fourth-order valence-electron chi connectivity index (χ4n) is 1.27. The van der Waals surface area contributed by atoms with Gasteiger partial charge in [-0.1, -0.05) is 0 Å². The monoisotopic (exact) mass is 202 g/mol. The van der Waals surface area contributed by atoms with Gasteiger partial charge in [-0.05, 0) is 6.92 Å². The highest BCUT2D eigenvalue weighted by Crippen LogP contribution is 2.00. The van der Waals surface area contributed by atoms with Gasteiger partial charge in [-0.15, -0.1) is 5.10 Å². The third kappa shape index (κ3) is 2.02. The minimum Gasteiger partial charge on any atom is -0.273 e. The van der Waals surface area contributed by atoms with Crippen molar-refractivity contribution >= 4 is 0 Å². The van der Waals surface area contributed by atoms with Gasteiger partial charge in [0.05, 0.1) is 12.7 Å². The Labute approximate surface area is 86.8 Å². The summed E-state index contributed by atoms with van der Waals surface area (Å²) in [5, 5.41) is 16.7. The van der Waals surface area contributed by atoms with Gasteiger partial charge in [-0.25, -0.2) is 9.67 Å². The lowest BCUT2D eigenvalue weighted by Crippen LogP contribution is -1.99. The average molecular weight is 202 g/mol. The van der Waals surface area contributed by atoms with E-state index in [1.807, 2.05) is 23.9 Å². The molecule has 0 aliphatic heterocycles. The molecule has 0 aliphatic carbocycles. The molecule has 6 nitrogen and oxygen atoms in total. The predicted octanol–water partition coefficient (Wildman–Crippen LogP) is 0.414. The molecule has 0 saturated heterocycles. The van der Waals surface area contributed by atoms with Crippen LogP contribution in [-0.4, -0.2) is 24.5 Å². The number of rotatable bonds is 3. The maximum atomic E-state index is 8.55. The summed E-state index contributed by atoms with van der Waals surface area (Å²) in [6.45, 7) is 3.47. The van der Waals surface area contributed by atoms with Crippen LogP contribution in [0.25, 0.3) is 0 Å². The highest BCUT2D eigenvalue weighted by atomic mass is 15.3. The van der Waals surface area contributed by atoms with Crippen LogP contribution in [0.4, 0.5) is 0 Å². The number of nitriles is 1. The summed E-state index contributed by atoms with van der Waals surface area (Å²) in [4.78, 5) is 3.82. The lowest BCUT2D eigenvalue weighted by Gasteiger charge is -1.95. The van der Waals surface area contributed by atoms with Gasteiger partial charge in [0.2, 0.25) is 0 Å². The van der Waals surface area contributed by atoms with E-state index in [0.29, 0.717) is 6.54 Å². The summed E-state index contributed by atoms with van der Waals surface area (Å²) in [5.41, 5.74) is 1.05. The molecule has 0 bridgehead atoms. The van der Waals surface area contributed by atoms with Crippen molar-refractivity contribution in [1.82, 2.24) is 24.5 Å². The average Bonchev–Trinajstić information content (AvgIpc) is 2.87. The van der Waals surface area contributed by atoms with Crippen molar-refractivity contribution in [3.8, 4) is 6.07 Å². The third-order valence-corrected chi connectivity index (χ3v) is 1.99. The van der Waals surface area contributed by atoms with E-state index in [9.17, 15) is 0 Å². The molecule has 2 rings (SSSR count). The van der Waals surface area contributed by atoms with E-state index >= 15 is 0 Å². The molecule has 0 radical (unpaired) electrons. The Bertz CT molecular complexity index is 489. The maximum Gasteiger partial charge on any atom is 0.252 e. The van der Waals surface area contributed by atoms with Gasteiger partial charge >= 0.3 is 0 Å². The fourth-order valence-corrected chi connectivity index (χ4v) is 1.27. The number of aromatic nitrogens is 5. The summed E-state index contributed by atoms with van der Waals surface area (Å²) in [6.07, 6.45) is 5.28. The van der Waals surface area contributed by atoms with Crippen LogP contribution in [0.15, 0.2) is 18.7 Å². The maximum absolute atomic E-state index is 8.55. The molecule has 0 fully saturated rings. The number of hydrogen-bond donors (Lipinski definition) is 0. The Morgan fingerprint density at radius 2 is 2.33 bits per heavy atom. The Kier molecular flexibility index (Phi) is 2.46. The highest BCUT2D eigenvalue weighted by Gasteiger charge is 2.01. The first-order chi connectivity index (χ1) is 7.31. The molecule has 76 valence electrons. The summed E-state index contributed by atoms with van der Waals surface area (Å²) in [5.74, 6) is 0.192. The molecule has 0 atom stereocenters. The van der Waals surface area contributed by atoms with Crippen molar-refractivity contribution in [2.45, 2.75) is 20.0 Å². The van der Waals surface area contributed by atoms with Gasteiger partial charge in [0, 0.05) is 18.3 Å². The topological polar surface area (TPSA) is 72.3 Å². The zero-order valence-electron chi connectivity index (χ0n) is 8.33. The van der Waals surface area contributed by atoms with Crippen LogP contribution in [-0.2, 0) is 13.1 Å². The molecule has 0 saturated carbocycles. The summed E-state index contributed by atoms with van der Waals surface area (Å²) >= 11 is 0. The van der Waals surface area contributed by atoms with Gasteiger partial charge in [-0.2, -0.15) is 10.4 Å². The molecule has 0 N–H and O–H groups in total. The molecule has 0 amide bonds. The van der Waals surface area contributed by atoms with E-state index in [0.717, 1.165) is 12.1 Å². The largest absolute Gasteiger partial charge is 0.273 e. The molecule has 0 spiro atoms. The van der Waals surface area contributed by atoms with Crippen molar-refractivity contribution in [2.75, 3.05) is 0 Å². The summed E-state index contributed by atoms with van der Waals surface area (Å²) in [6, 6.07) is 1.89. The van der Waals surface area contributed by atoms with E-state index in [1.165, 1.54) is 0 Å². The highest BCUT2D eigenvalue weighted by molar-refractivity contribution is 5.08. The molecule has 2 aromatic heterocycles. The first-order valence-corrected chi connectivity index (χ1v) is 4.62. The zero-order chi connectivity index (χ0) is 10.7. The van der Waals surface area contributed by atoms with Crippen molar-refractivity contribution < 1.29 is 0 Å². The predicted molar refractivity (Wildman–Crippen MR) is 51.7 cm³/mol. The number of aryl methyl sites for hydroxylation is 1. The quantitative estimate of drug-likeness (QED) is 0.722. The van der Waals surface area contributed by atoms with Gasteiger partial charge in [0.1, 0.15) is 12.4 Å². The van der Waals surface area contributed by atoms with E-state index in [-0.39, 0.29) is 5.82 Å². The SMILES string of the molecule is CCn1cc(Cn2cnc(C#N)n2)cn1. The van der Waals surface area contributed by atoms with Crippen molar-refractivity contribution in [2.24, 2.45) is 0 Å². The standard InChI is InChI=1S/C9H10N6/c1-2-14-5-8(4-12-14)6-15-7-11-9(3-10)13-15/h4-5,7H,2,6H2,1H3. The van der Waals surface area contributed by atoms with Gasteiger partial charge < -0.3 is 0 Å². The second-order valence-electron chi connectivity index (χ2n) is 3.08. The molecular weight excluding hydrogens is 192 g/mol. The van der Waals surface area contributed by atoms with E-state index in [4.69, 9.17) is 5.26 Å². The number of hydrogen-bond acceptors (Lipinski definition) is 4. The fraction of sp³-hybridized carbons (Fsp3) is 0.333. The Balaban J connectivity index is 2.11. The third-order valence-electron chi connectivity index (χ3n) is 1.99. The van der Waals surface area contributed by atoms with E-state index in [2.05, 4.69) is 15.2 Å². The van der Waals surface area contributed by atoms with Crippen LogP contribution in [0.5, 0.6) is 0 Å². The van der Waals surface area contributed by atoms with Crippen LogP contribution in [0, 0.1) is 11.3 Å². The van der Waals surface area contributed by atoms with Gasteiger partial charge in [0.25, 0.3) is 5.82 Å². The summed E-state index contributed by atoms with van der Waals surface area (Å²) < 4.78 is 3.47. The molecular formula is C9H10N6. The number of nitrogens with zero attached hydrogens (tertiary/aromatic N) is 6. The molecule has 2 heterocycles. The normalized spacial score (nSPS) is 10.1. The van der Waals surface area contributed by atoms with Crippen LogP contribution >= 0.6 is 0 Å². The Morgan fingerprint density at radius 3 is 2.93 bits per heavy atom.